The Balaban J connectivity index is 1.59. The molecule has 0 radical (unpaired) electrons. The topological polar surface area (TPSA) is 77.2 Å². The van der Waals surface area contributed by atoms with Crippen molar-refractivity contribution >= 4 is 5.91 Å². The van der Waals surface area contributed by atoms with Gasteiger partial charge in [0.25, 0.3) is 0 Å². The Labute approximate surface area is 157 Å². The molecule has 6 heteroatoms. The van der Waals surface area contributed by atoms with E-state index in [1.807, 2.05) is 37.3 Å². The van der Waals surface area contributed by atoms with Gasteiger partial charge in [0.1, 0.15) is 6.61 Å². The molecule has 0 aliphatic heterocycles. The maximum Gasteiger partial charge on any atom is 0.316 e. The average Bonchev–Trinajstić information content (AvgIpc) is 3.19. The van der Waals surface area contributed by atoms with Crippen molar-refractivity contribution in [2.24, 2.45) is 0 Å². The molecule has 0 saturated carbocycles. The van der Waals surface area contributed by atoms with E-state index in [1.54, 1.807) is 24.9 Å². The fourth-order valence-electron chi connectivity index (χ4n) is 2.37. The minimum atomic E-state index is -0.0523. The van der Waals surface area contributed by atoms with Crippen molar-refractivity contribution < 1.29 is 13.9 Å². The van der Waals surface area contributed by atoms with Crippen LogP contribution in [0.15, 0.2) is 59.7 Å². The molecule has 3 aromatic rings. The molecule has 2 aromatic heterocycles. The first-order chi connectivity index (χ1) is 13.1. The van der Waals surface area contributed by atoms with E-state index in [-0.39, 0.29) is 18.0 Å². The lowest BCUT2D eigenvalue weighted by molar-refractivity contribution is -0.119. The van der Waals surface area contributed by atoms with E-state index in [0.29, 0.717) is 12.2 Å². The molecular formula is C21H19N3O3. The maximum absolute atomic E-state index is 11.1. The van der Waals surface area contributed by atoms with Gasteiger partial charge < -0.3 is 14.5 Å². The van der Waals surface area contributed by atoms with Crippen LogP contribution in [0.3, 0.4) is 0 Å². The second-order valence-electron chi connectivity index (χ2n) is 5.97. The van der Waals surface area contributed by atoms with Gasteiger partial charge in [0.15, 0.2) is 0 Å². The number of furan rings is 1. The van der Waals surface area contributed by atoms with Crippen molar-refractivity contribution in [2.45, 2.75) is 26.5 Å². The van der Waals surface area contributed by atoms with Crippen molar-refractivity contribution in [3.05, 3.63) is 77.5 Å². The zero-order valence-electron chi connectivity index (χ0n) is 15.1. The van der Waals surface area contributed by atoms with Gasteiger partial charge in [0, 0.05) is 30.4 Å². The SMILES string of the molecule is CC(=O)NC(C)c1ccc(C#Cc2cnc(OCc3ccoc3)nc2)cc1. The predicted octanol–water partition coefficient (Wildman–Crippen LogP) is 3.25. The van der Waals surface area contributed by atoms with Crippen LogP contribution in [0.5, 0.6) is 6.01 Å². The predicted molar refractivity (Wildman–Crippen MR) is 99.7 cm³/mol. The smallest absolute Gasteiger partial charge is 0.316 e. The third kappa shape index (κ3) is 5.44. The molecule has 27 heavy (non-hydrogen) atoms. The summed E-state index contributed by atoms with van der Waals surface area (Å²) in [6.45, 7) is 3.80. The molecule has 2 heterocycles. The van der Waals surface area contributed by atoms with Gasteiger partial charge in [-0.1, -0.05) is 24.0 Å². The molecule has 1 N–H and O–H groups in total. The van der Waals surface area contributed by atoms with Gasteiger partial charge in [0.2, 0.25) is 5.91 Å². The number of amides is 1. The number of hydrogen-bond acceptors (Lipinski definition) is 5. The maximum atomic E-state index is 11.1. The van der Waals surface area contributed by atoms with Crippen molar-refractivity contribution in [1.82, 2.24) is 15.3 Å². The van der Waals surface area contributed by atoms with Crippen LogP contribution >= 0.6 is 0 Å². The zero-order chi connectivity index (χ0) is 19.1. The lowest BCUT2D eigenvalue weighted by Crippen LogP contribution is -2.23. The fourth-order valence-corrected chi connectivity index (χ4v) is 2.37. The van der Waals surface area contributed by atoms with E-state index in [9.17, 15) is 4.79 Å². The highest BCUT2D eigenvalue weighted by molar-refractivity contribution is 5.73. The molecule has 6 nitrogen and oxygen atoms in total. The molecule has 1 atom stereocenters. The summed E-state index contributed by atoms with van der Waals surface area (Å²) in [5.41, 5.74) is 3.51. The van der Waals surface area contributed by atoms with E-state index in [2.05, 4.69) is 27.1 Å². The van der Waals surface area contributed by atoms with Gasteiger partial charge >= 0.3 is 6.01 Å². The molecule has 0 aliphatic carbocycles. The summed E-state index contributed by atoms with van der Waals surface area (Å²) in [5.74, 6) is 6.04. The van der Waals surface area contributed by atoms with Gasteiger partial charge in [-0.2, -0.15) is 0 Å². The first-order valence-electron chi connectivity index (χ1n) is 8.45. The highest BCUT2D eigenvalue weighted by Gasteiger charge is 2.05. The second-order valence-corrected chi connectivity index (χ2v) is 5.97. The first kappa shape index (κ1) is 18.2. The fraction of sp³-hybridized carbons (Fsp3) is 0.190. The summed E-state index contributed by atoms with van der Waals surface area (Å²) in [6.07, 6.45) is 6.45. The largest absolute Gasteiger partial charge is 0.472 e. The van der Waals surface area contributed by atoms with Crippen LogP contribution in [-0.4, -0.2) is 15.9 Å². The Morgan fingerprint density at radius 3 is 2.48 bits per heavy atom. The quantitative estimate of drug-likeness (QED) is 0.706. The van der Waals surface area contributed by atoms with Crippen LogP contribution < -0.4 is 10.1 Å². The minimum absolute atomic E-state index is 0.0347. The number of carbonyl (C=O) groups excluding carboxylic acids is 1. The lowest BCUT2D eigenvalue weighted by Gasteiger charge is -2.12. The molecule has 0 aliphatic rings. The van der Waals surface area contributed by atoms with Crippen molar-refractivity contribution in [2.75, 3.05) is 0 Å². The molecule has 136 valence electrons. The summed E-state index contributed by atoms with van der Waals surface area (Å²) >= 11 is 0. The van der Waals surface area contributed by atoms with Gasteiger partial charge in [0.05, 0.1) is 24.1 Å². The Morgan fingerprint density at radius 2 is 1.85 bits per heavy atom. The van der Waals surface area contributed by atoms with Crippen LogP contribution in [0.2, 0.25) is 0 Å². The number of carbonyl (C=O) groups is 1. The summed E-state index contributed by atoms with van der Waals surface area (Å²) in [5, 5.41) is 2.85. The lowest BCUT2D eigenvalue weighted by atomic mass is 10.1. The zero-order valence-corrected chi connectivity index (χ0v) is 15.1. The van der Waals surface area contributed by atoms with Crippen molar-refractivity contribution in [3.8, 4) is 17.9 Å². The van der Waals surface area contributed by atoms with E-state index in [0.717, 1.165) is 16.7 Å². The van der Waals surface area contributed by atoms with Gasteiger partial charge in [-0.25, -0.2) is 9.97 Å². The van der Waals surface area contributed by atoms with Crippen molar-refractivity contribution in [3.63, 3.8) is 0 Å². The molecule has 0 spiro atoms. The summed E-state index contributed by atoms with van der Waals surface area (Å²) < 4.78 is 10.4. The number of nitrogens with zero attached hydrogens (tertiary/aromatic N) is 2. The van der Waals surface area contributed by atoms with Crippen LogP contribution in [0.4, 0.5) is 0 Å². The van der Waals surface area contributed by atoms with Crippen LogP contribution in [0.1, 0.15) is 42.1 Å². The van der Waals surface area contributed by atoms with E-state index >= 15 is 0 Å². The highest BCUT2D eigenvalue weighted by Crippen LogP contribution is 2.13. The number of aromatic nitrogens is 2. The number of benzene rings is 1. The van der Waals surface area contributed by atoms with Crippen molar-refractivity contribution in [1.29, 1.82) is 0 Å². The second kappa shape index (κ2) is 8.68. The number of rotatable bonds is 5. The van der Waals surface area contributed by atoms with Gasteiger partial charge in [-0.3, -0.25) is 4.79 Å². The molecule has 0 fully saturated rings. The Morgan fingerprint density at radius 1 is 1.15 bits per heavy atom. The molecule has 1 amide bonds. The number of nitrogens with one attached hydrogen (secondary N) is 1. The molecule has 1 aromatic carbocycles. The summed E-state index contributed by atoms with van der Waals surface area (Å²) in [7, 11) is 0. The Bertz CT molecular complexity index is 937. The van der Waals surface area contributed by atoms with Crippen LogP contribution in [-0.2, 0) is 11.4 Å². The van der Waals surface area contributed by atoms with E-state index in [4.69, 9.17) is 9.15 Å². The molecular weight excluding hydrogens is 342 g/mol. The first-order valence-corrected chi connectivity index (χ1v) is 8.45. The molecule has 0 bridgehead atoms. The Hall–Kier alpha value is -3.59. The van der Waals surface area contributed by atoms with Gasteiger partial charge in [-0.15, -0.1) is 0 Å². The summed E-state index contributed by atoms with van der Waals surface area (Å²) in [4.78, 5) is 19.4. The molecule has 3 rings (SSSR count). The number of hydrogen-bond donors (Lipinski definition) is 1. The van der Waals surface area contributed by atoms with E-state index < -0.39 is 0 Å². The summed E-state index contributed by atoms with van der Waals surface area (Å²) in [6, 6.07) is 9.82. The monoisotopic (exact) mass is 361 g/mol. The minimum Gasteiger partial charge on any atom is -0.472 e. The molecule has 0 saturated heterocycles. The van der Waals surface area contributed by atoms with E-state index in [1.165, 1.54) is 6.92 Å². The molecule has 1 unspecified atom stereocenters. The third-order valence-electron chi connectivity index (χ3n) is 3.76. The Kier molecular flexibility index (Phi) is 5.85. The average molecular weight is 361 g/mol. The standard InChI is InChI=1S/C21H19N3O3/c1-15(24-16(2)25)20-7-5-17(6-8-20)3-4-18-11-22-21(23-12-18)27-14-19-9-10-26-13-19/h5-13,15H,14H2,1-2H3,(H,24,25). The normalized spacial score (nSPS) is 11.2. The number of ether oxygens (including phenoxy) is 1. The van der Waals surface area contributed by atoms with Crippen LogP contribution in [0.25, 0.3) is 0 Å². The third-order valence-corrected chi connectivity index (χ3v) is 3.76. The van der Waals surface area contributed by atoms with Crippen LogP contribution in [0, 0.1) is 11.8 Å². The van der Waals surface area contributed by atoms with Gasteiger partial charge in [-0.05, 0) is 30.7 Å². The highest BCUT2D eigenvalue weighted by atomic mass is 16.5.